The summed E-state index contributed by atoms with van der Waals surface area (Å²) in [6, 6.07) is 5.41. The van der Waals surface area contributed by atoms with E-state index < -0.39 is 10.0 Å². The first kappa shape index (κ1) is 15.7. The van der Waals surface area contributed by atoms with Crippen LogP contribution in [0.15, 0.2) is 27.8 Å². The molecule has 110 valence electrons. The van der Waals surface area contributed by atoms with Crippen LogP contribution in [0.25, 0.3) is 0 Å². The van der Waals surface area contributed by atoms with Crippen molar-refractivity contribution >= 4 is 32.7 Å². The van der Waals surface area contributed by atoms with E-state index in [1.165, 1.54) is 15.6 Å². The van der Waals surface area contributed by atoms with Crippen molar-refractivity contribution in [3.05, 3.63) is 38.9 Å². The summed E-state index contributed by atoms with van der Waals surface area (Å²) in [5, 5.41) is 1.95. The zero-order valence-electron chi connectivity index (χ0n) is 11.7. The number of sulfonamides is 1. The van der Waals surface area contributed by atoms with E-state index in [1.54, 1.807) is 24.5 Å². The van der Waals surface area contributed by atoms with Gasteiger partial charge >= 0.3 is 0 Å². The zero-order chi connectivity index (χ0) is 14.9. The third-order valence-corrected chi connectivity index (χ3v) is 8.00. The van der Waals surface area contributed by atoms with Gasteiger partial charge < -0.3 is 5.73 Å². The first-order valence-corrected chi connectivity index (χ1v) is 9.32. The van der Waals surface area contributed by atoms with Crippen LogP contribution >= 0.6 is 22.7 Å². The Balaban J connectivity index is 2.34. The fourth-order valence-electron chi connectivity index (χ4n) is 1.88. The van der Waals surface area contributed by atoms with Gasteiger partial charge in [0.2, 0.25) is 0 Å². The summed E-state index contributed by atoms with van der Waals surface area (Å²) in [5.41, 5.74) is 6.56. The Labute approximate surface area is 127 Å². The number of hydrogen-bond acceptors (Lipinski definition) is 5. The minimum atomic E-state index is -3.47. The number of rotatable bonds is 5. The highest BCUT2D eigenvalue weighted by molar-refractivity contribution is 7.91. The Morgan fingerprint density at radius 2 is 2.15 bits per heavy atom. The Hall–Kier alpha value is -0.730. The molecule has 20 heavy (non-hydrogen) atoms. The lowest BCUT2D eigenvalue weighted by Gasteiger charge is -2.22. The van der Waals surface area contributed by atoms with Crippen LogP contribution in [0.3, 0.4) is 0 Å². The summed E-state index contributed by atoms with van der Waals surface area (Å²) in [4.78, 5) is 1.95. The number of nitrogens with zero attached hydrogens (tertiary/aromatic N) is 1. The molecule has 0 saturated heterocycles. The van der Waals surface area contributed by atoms with Crippen molar-refractivity contribution in [3.63, 3.8) is 0 Å². The van der Waals surface area contributed by atoms with Crippen LogP contribution in [0.1, 0.15) is 28.3 Å². The molecule has 2 heterocycles. The molecule has 0 aliphatic heterocycles. The van der Waals surface area contributed by atoms with Crippen molar-refractivity contribution in [1.82, 2.24) is 4.31 Å². The molecular formula is C13H18N2O2S3. The number of hydrogen-bond donors (Lipinski definition) is 1. The van der Waals surface area contributed by atoms with Gasteiger partial charge in [0.15, 0.2) is 0 Å². The van der Waals surface area contributed by atoms with E-state index in [1.807, 2.05) is 31.4 Å². The lowest BCUT2D eigenvalue weighted by Crippen LogP contribution is -2.28. The maximum absolute atomic E-state index is 12.7. The van der Waals surface area contributed by atoms with Crippen LogP contribution in [0.5, 0.6) is 0 Å². The maximum Gasteiger partial charge on any atom is 0.252 e. The van der Waals surface area contributed by atoms with Crippen molar-refractivity contribution in [3.8, 4) is 0 Å². The molecule has 7 heteroatoms. The van der Waals surface area contributed by atoms with Gasteiger partial charge in [0, 0.05) is 23.3 Å². The fourth-order valence-corrected chi connectivity index (χ4v) is 5.77. The Morgan fingerprint density at radius 3 is 2.65 bits per heavy atom. The fraction of sp³-hybridized carbons (Fsp3) is 0.385. The standard InChI is InChI=1S/C13H18N2O2S3/c1-9-7-13(19-12(9)8-14)20(16,17)15(3)10(2)11-5-4-6-18-11/h4-7,10H,8,14H2,1-3H3. The molecule has 2 aromatic rings. The van der Waals surface area contributed by atoms with Gasteiger partial charge in [-0.2, -0.15) is 4.31 Å². The average Bonchev–Trinajstić information content (AvgIpc) is 3.05. The van der Waals surface area contributed by atoms with Crippen LogP contribution in [0.4, 0.5) is 0 Å². The van der Waals surface area contributed by atoms with Gasteiger partial charge in [-0.25, -0.2) is 8.42 Å². The zero-order valence-corrected chi connectivity index (χ0v) is 14.1. The van der Waals surface area contributed by atoms with Crippen molar-refractivity contribution in [2.45, 2.75) is 30.6 Å². The van der Waals surface area contributed by atoms with Crippen LogP contribution < -0.4 is 5.73 Å². The van der Waals surface area contributed by atoms with Gasteiger partial charge in [0.1, 0.15) is 4.21 Å². The molecule has 0 aliphatic carbocycles. The minimum Gasteiger partial charge on any atom is -0.326 e. The smallest absolute Gasteiger partial charge is 0.252 e. The van der Waals surface area contributed by atoms with E-state index in [0.717, 1.165) is 15.3 Å². The summed E-state index contributed by atoms with van der Waals surface area (Å²) in [6.45, 7) is 4.16. The third kappa shape index (κ3) is 2.82. The summed E-state index contributed by atoms with van der Waals surface area (Å²) >= 11 is 2.82. The van der Waals surface area contributed by atoms with Crippen molar-refractivity contribution in [2.75, 3.05) is 7.05 Å². The summed E-state index contributed by atoms with van der Waals surface area (Å²) < 4.78 is 27.1. The van der Waals surface area contributed by atoms with E-state index in [2.05, 4.69) is 0 Å². The van der Waals surface area contributed by atoms with Crippen LogP contribution in [0.2, 0.25) is 0 Å². The molecule has 2 aromatic heterocycles. The molecule has 1 atom stereocenters. The van der Waals surface area contributed by atoms with Gasteiger partial charge in [0.05, 0.1) is 6.04 Å². The highest BCUT2D eigenvalue weighted by atomic mass is 32.2. The number of thiophene rings is 2. The van der Waals surface area contributed by atoms with Crippen LogP contribution in [0, 0.1) is 6.92 Å². The normalized spacial score (nSPS) is 13.8. The molecule has 0 aliphatic rings. The Bertz CT molecular complexity index is 675. The van der Waals surface area contributed by atoms with Gasteiger partial charge in [-0.05, 0) is 36.9 Å². The molecule has 0 aromatic carbocycles. The molecular weight excluding hydrogens is 312 g/mol. The molecule has 0 bridgehead atoms. The average molecular weight is 331 g/mol. The van der Waals surface area contributed by atoms with E-state index >= 15 is 0 Å². The van der Waals surface area contributed by atoms with E-state index in [-0.39, 0.29) is 6.04 Å². The summed E-state index contributed by atoms with van der Waals surface area (Å²) in [5.74, 6) is 0. The highest BCUT2D eigenvalue weighted by Gasteiger charge is 2.28. The molecule has 0 saturated carbocycles. The second-order valence-corrected chi connectivity index (χ2v) is 8.93. The monoisotopic (exact) mass is 330 g/mol. The van der Waals surface area contributed by atoms with Crippen molar-refractivity contribution in [2.24, 2.45) is 5.73 Å². The maximum atomic E-state index is 12.7. The Kier molecular flexibility index (Phi) is 4.66. The molecule has 4 nitrogen and oxygen atoms in total. The Morgan fingerprint density at radius 1 is 1.45 bits per heavy atom. The van der Waals surface area contributed by atoms with Gasteiger partial charge in [-0.3, -0.25) is 0 Å². The molecule has 0 spiro atoms. The van der Waals surface area contributed by atoms with Gasteiger partial charge in [0.25, 0.3) is 10.0 Å². The molecule has 2 N–H and O–H groups in total. The van der Waals surface area contributed by atoms with E-state index in [0.29, 0.717) is 10.8 Å². The topological polar surface area (TPSA) is 63.4 Å². The minimum absolute atomic E-state index is 0.177. The van der Waals surface area contributed by atoms with Crippen LogP contribution in [-0.2, 0) is 16.6 Å². The quantitative estimate of drug-likeness (QED) is 0.917. The molecule has 1 unspecified atom stereocenters. The van der Waals surface area contributed by atoms with Gasteiger partial charge in [-0.15, -0.1) is 22.7 Å². The first-order valence-electron chi connectivity index (χ1n) is 6.18. The summed E-state index contributed by atoms with van der Waals surface area (Å²) in [7, 11) is -1.85. The third-order valence-electron chi connectivity index (χ3n) is 3.32. The predicted molar refractivity (Wildman–Crippen MR) is 84.6 cm³/mol. The summed E-state index contributed by atoms with van der Waals surface area (Å²) in [6.07, 6.45) is 0. The van der Waals surface area contributed by atoms with E-state index in [9.17, 15) is 8.42 Å². The predicted octanol–water partition coefficient (Wildman–Crippen LogP) is 2.96. The lowest BCUT2D eigenvalue weighted by atomic mass is 10.3. The largest absolute Gasteiger partial charge is 0.326 e. The number of nitrogens with two attached hydrogens (primary N) is 1. The SMILES string of the molecule is Cc1cc(S(=O)(=O)N(C)C(C)c2cccs2)sc1CN. The second-order valence-electron chi connectivity index (χ2n) is 4.59. The lowest BCUT2D eigenvalue weighted by molar-refractivity contribution is 0.404. The molecule has 2 rings (SSSR count). The highest BCUT2D eigenvalue weighted by Crippen LogP contribution is 2.32. The van der Waals surface area contributed by atoms with Crippen molar-refractivity contribution < 1.29 is 8.42 Å². The first-order chi connectivity index (χ1) is 9.37. The molecule has 0 radical (unpaired) electrons. The van der Waals surface area contributed by atoms with E-state index in [4.69, 9.17) is 5.73 Å². The van der Waals surface area contributed by atoms with Crippen molar-refractivity contribution in [1.29, 1.82) is 0 Å². The molecule has 0 amide bonds. The molecule has 0 fully saturated rings. The van der Waals surface area contributed by atoms with Crippen LogP contribution in [-0.4, -0.2) is 19.8 Å². The number of aryl methyl sites for hydroxylation is 1. The second kappa shape index (κ2) is 5.95. The van der Waals surface area contributed by atoms with Gasteiger partial charge in [-0.1, -0.05) is 6.07 Å².